The van der Waals surface area contributed by atoms with E-state index in [-0.39, 0.29) is 12.2 Å². The number of nitrogens with one attached hydrogen (secondary N) is 1. The fourth-order valence-electron chi connectivity index (χ4n) is 4.24. The number of fused-ring (bicyclic) bond motifs is 2. The molecule has 1 aromatic heterocycles. The summed E-state index contributed by atoms with van der Waals surface area (Å²) in [5.74, 6) is 0. The number of pyridine rings is 1. The van der Waals surface area contributed by atoms with E-state index in [9.17, 15) is 9.90 Å². The average Bonchev–Trinajstić information content (AvgIpc) is 3.15. The van der Waals surface area contributed by atoms with Gasteiger partial charge >= 0.3 is 0 Å². The molecule has 1 aliphatic carbocycles. The monoisotopic (exact) mass is 312 g/mol. The van der Waals surface area contributed by atoms with Gasteiger partial charge in [-0.25, -0.2) is 0 Å². The van der Waals surface area contributed by atoms with E-state index in [1.54, 1.807) is 0 Å². The number of likely N-dealkylation sites (tertiary alicyclic amines) is 1. The maximum Gasteiger partial charge on any atom is 0.252 e. The number of hydrogen-bond donors (Lipinski definition) is 2. The number of hydrogen-bond acceptors (Lipinski definition) is 3. The summed E-state index contributed by atoms with van der Waals surface area (Å²) < 4.78 is 0. The summed E-state index contributed by atoms with van der Waals surface area (Å²) in [6.07, 6.45) is 6.59. The van der Waals surface area contributed by atoms with Gasteiger partial charge in [-0.05, 0) is 79.8 Å². The Morgan fingerprint density at radius 1 is 1.17 bits per heavy atom. The Morgan fingerprint density at radius 3 is 2.83 bits per heavy atom. The zero-order valence-corrected chi connectivity index (χ0v) is 13.5. The van der Waals surface area contributed by atoms with Gasteiger partial charge < -0.3 is 10.1 Å². The fraction of sp³-hybridized carbons (Fsp3) is 0.526. The number of aromatic amines is 1. The second kappa shape index (κ2) is 6.10. The second-order valence-electron chi connectivity index (χ2n) is 6.96. The van der Waals surface area contributed by atoms with Crippen LogP contribution in [0.4, 0.5) is 0 Å². The molecule has 23 heavy (non-hydrogen) atoms. The minimum Gasteiger partial charge on any atom is -0.396 e. The van der Waals surface area contributed by atoms with Crippen LogP contribution in [-0.2, 0) is 19.4 Å². The minimum absolute atomic E-state index is 0.0325. The van der Waals surface area contributed by atoms with Gasteiger partial charge in [-0.2, -0.15) is 0 Å². The van der Waals surface area contributed by atoms with Gasteiger partial charge in [-0.15, -0.1) is 0 Å². The normalized spacial score (nSPS) is 21.2. The molecule has 4 rings (SSSR count). The topological polar surface area (TPSA) is 56.3 Å². The van der Waals surface area contributed by atoms with Gasteiger partial charge in [0.2, 0.25) is 0 Å². The lowest BCUT2D eigenvalue weighted by atomic mass is 10.0. The molecule has 1 fully saturated rings. The first kappa shape index (κ1) is 14.9. The summed E-state index contributed by atoms with van der Waals surface area (Å²) in [6, 6.07) is 6.90. The molecular formula is C19H24N2O2. The van der Waals surface area contributed by atoms with Crippen molar-refractivity contribution in [2.24, 2.45) is 0 Å². The number of rotatable bonds is 4. The van der Waals surface area contributed by atoms with Crippen LogP contribution in [0.1, 0.15) is 42.4 Å². The molecule has 1 aromatic carbocycles. The Labute approximate surface area is 136 Å². The first-order chi connectivity index (χ1) is 11.2. The lowest BCUT2D eigenvalue weighted by Gasteiger charge is -2.23. The van der Waals surface area contributed by atoms with Crippen molar-refractivity contribution in [3.05, 3.63) is 45.2 Å². The molecular weight excluding hydrogens is 288 g/mol. The molecule has 0 bridgehead atoms. The maximum atomic E-state index is 12.5. The van der Waals surface area contributed by atoms with Gasteiger partial charge in [0.25, 0.3) is 5.56 Å². The van der Waals surface area contributed by atoms with Crippen LogP contribution in [0.15, 0.2) is 23.0 Å². The molecule has 0 spiro atoms. The SMILES string of the molecule is O=c1[nH]c2cc3c(cc2cc1CN1CCCC1CCO)CCC3. The van der Waals surface area contributed by atoms with Gasteiger partial charge in [0.1, 0.15) is 0 Å². The third-order valence-corrected chi connectivity index (χ3v) is 5.47. The highest BCUT2D eigenvalue weighted by Crippen LogP contribution is 2.27. The quantitative estimate of drug-likeness (QED) is 0.911. The Bertz CT molecular complexity index is 781. The number of H-pyrrole nitrogens is 1. The van der Waals surface area contributed by atoms with Crippen molar-refractivity contribution in [3.8, 4) is 0 Å². The van der Waals surface area contributed by atoms with Crippen LogP contribution in [-0.4, -0.2) is 34.2 Å². The third kappa shape index (κ3) is 2.81. The Balaban J connectivity index is 1.66. The first-order valence-electron chi connectivity index (χ1n) is 8.77. The molecule has 0 radical (unpaired) electrons. The highest BCUT2D eigenvalue weighted by molar-refractivity contribution is 5.81. The van der Waals surface area contributed by atoms with Crippen molar-refractivity contribution in [2.45, 2.75) is 51.1 Å². The van der Waals surface area contributed by atoms with Crippen LogP contribution in [0.5, 0.6) is 0 Å². The molecule has 2 heterocycles. The van der Waals surface area contributed by atoms with Crippen LogP contribution in [0.25, 0.3) is 10.9 Å². The van der Waals surface area contributed by atoms with Crippen LogP contribution in [0, 0.1) is 0 Å². The molecule has 1 unspecified atom stereocenters. The molecule has 2 N–H and O–H groups in total. The van der Waals surface area contributed by atoms with Crippen molar-refractivity contribution in [1.82, 2.24) is 9.88 Å². The van der Waals surface area contributed by atoms with Crippen molar-refractivity contribution >= 4 is 10.9 Å². The van der Waals surface area contributed by atoms with E-state index < -0.39 is 0 Å². The predicted molar refractivity (Wildman–Crippen MR) is 91.7 cm³/mol. The molecule has 0 amide bonds. The number of aryl methyl sites for hydroxylation is 2. The van der Waals surface area contributed by atoms with Gasteiger partial charge in [0.05, 0.1) is 0 Å². The minimum atomic E-state index is 0.0325. The zero-order valence-electron chi connectivity index (χ0n) is 13.5. The summed E-state index contributed by atoms with van der Waals surface area (Å²) in [4.78, 5) is 17.9. The Hall–Kier alpha value is -1.65. The summed E-state index contributed by atoms with van der Waals surface area (Å²) in [7, 11) is 0. The largest absolute Gasteiger partial charge is 0.396 e. The lowest BCUT2D eigenvalue weighted by molar-refractivity contribution is 0.189. The first-order valence-corrected chi connectivity index (χ1v) is 8.77. The predicted octanol–water partition coefficient (Wildman–Crippen LogP) is 2.36. The number of nitrogens with zero attached hydrogens (tertiary/aromatic N) is 1. The molecule has 4 nitrogen and oxygen atoms in total. The molecule has 1 saturated heterocycles. The number of aromatic nitrogens is 1. The fourth-order valence-corrected chi connectivity index (χ4v) is 4.24. The smallest absolute Gasteiger partial charge is 0.252 e. The number of aliphatic hydroxyl groups is 1. The summed E-state index contributed by atoms with van der Waals surface area (Å²) >= 11 is 0. The molecule has 122 valence electrons. The van der Waals surface area contributed by atoms with Gasteiger partial charge in [0, 0.05) is 30.3 Å². The van der Waals surface area contributed by atoms with Crippen molar-refractivity contribution in [3.63, 3.8) is 0 Å². The van der Waals surface area contributed by atoms with Gasteiger partial charge in [-0.1, -0.05) is 0 Å². The van der Waals surface area contributed by atoms with Gasteiger partial charge in [0.15, 0.2) is 0 Å². The van der Waals surface area contributed by atoms with E-state index in [4.69, 9.17) is 0 Å². The van der Waals surface area contributed by atoms with Crippen molar-refractivity contribution in [1.29, 1.82) is 0 Å². The Morgan fingerprint density at radius 2 is 2.00 bits per heavy atom. The maximum absolute atomic E-state index is 12.5. The highest BCUT2D eigenvalue weighted by atomic mass is 16.3. The molecule has 1 atom stereocenters. The molecule has 0 saturated carbocycles. The number of benzene rings is 1. The van der Waals surface area contributed by atoms with E-state index >= 15 is 0 Å². The summed E-state index contributed by atoms with van der Waals surface area (Å²) in [5.41, 5.74) is 4.68. The van der Waals surface area contributed by atoms with E-state index in [1.807, 2.05) is 0 Å². The van der Waals surface area contributed by atoms with Crippen LogP contribution in [0.2, 0.25) is 0 Å². The van der Waals surface area contributed by atoms with E-state index in [1.165, 1.54) is 17.5 Å². The standard InChI is InChI=1S/C19H24N2O2/c22-8-6-17-5-2-7-21(17)12-16-10-15-9-13-3-1-4-14(13)11-18(15)20-19(16)23/h9-11,17,22H,1-8,12H2,(H,20,23). The lowest BCUT2D eigenvalue weighted by Crippen LogP contribution is -2.32. The summed E-state index contributed by atoms with van der Waals surface area (Å²) in [6.45, 7) is 1.93. The van der Waals surface area contributed by atoms with Crippen LogP contribution in [0.3, 0.4) is 0 Å². The van der Waals surface area contributed by atoms with Crippen LogP contribution < -0.4 is 5.56 Å². The third-order valence-electron chi connectivity index (χ3n) is 5.47. The number of aliphatic hydroxyl groups excluding tert-OH is 1. The highest BCUT2D eigenvalue weighted by Gasteiger charge is 2.24. The van der Waals surface area contributed by atoms with E-state index in [0.29, 0.717) is 12.6 Å². The van der Waals surface area contributed by atoms with Crippen LogP contribution >= 0.6 is 0 Å². The van der Waals surface area contributed by atoms with E-state index in [0.717, 1.165) is 55.1 Å². The van der Waals surface area contributed by atoms with Gasteiger partial charge in [-0.3, -0.25) is 9.69 Å². The Kier molecular flexibility index (Phi) is 3.95. The molecule has 2 aromatic rings. The summed E-state index contributed by atoms with van der Waals surface area (Å²) in [5, 5.41) is 10.4. The molecule has 4 heteroatoms. The zero-order chi connectivity index (χ0) is 15.8. The van der Waals surface area contributed by atoms with Crippen molar-refractivity contribution < 1.29 is 5.11 Å². The second-order valence-corrected chi connectivity index (χ2v) is 6.96. The molecule has 2 aliphatic rings. The van der Waals surface area contributed by atoms with Crippen molar-refractivity contribution in [2.75, 3.05) is 13.2 Å². The molecule has 1 aliphatic heterocycles. The van der Waals surface area contributed by atoms with E-state index in [2.05, 4.69) is 28.1 Å². The average molecular weight is 312 g/mol.